The van der Waals surface area contributed by atoms with E-state index < -0.39 is 0 Å². The van der Waals surface area contributed by atoms with Gasteiger partial charge < -0.3 is 4.42 Å². The zero-order valence-electron chi connectivity index (χ0n) is 31.3. The van der Waals surface area contributed by atoms with Gasteiger partial charge in [0, 0.05) is 27.8 Å². The summed E-state index contributed by atoms with van der Waals surface area (Å²) < 4.78 is 6.56. The lowest BCUT2D eigenvalue weighted by Gasteiger charge is -2.20. The molecule has 11 rings (SSSR count). The number of furan rings is 1. The molecule has 7 aromatic carbocycles. The van der Waals surface area contributed by atoms with Gasteiger partial charge in [-0.05, 0) is 98.8 Å². The van der Waals surface area contributed by atoms with Gasteiger partial charge in [0.2, 0.25) is 0 Å². The summed E-state index contributed by atoms with van der Waals surface area (Å²) in [6.45, 7) is 0. The first-order valence-electron chi connectivity index (χ1n) is 19.7. The van der Waals surface area contributed by atoms with Crippen LogP contribution in [0.25, 0.3) is 89.4 Å². The zero-order chi connectivity index (χ0) is 37.7. The van der Waals surface area contributed by atoms with E-state index in [0.29, 0.717) is 17.5 Å². The van der Waals surface area contributed by atoms with Crippen LogP contribution in [0.2, 0.25) is 0 Å². The van der Waals surface area contributed by atoms with Gasteiger partial charge in [-0.3, -0.25) is 0 Å². The Morgan fingerprint density at radius 2 is 1.26 bits per heavy atom. The van der Waals surface area contributed by atoms with Gasteiger partial charge in [0.1, 0.15) is 11.2 Å². The van der Waals surface area contributed by atoms with Gasteiger partial charge >= 0.3 is 0 Å². The molecule has 0 bridgehead atoms. The van der Waals surface area contributed by atoms with Crippen molar-refractivity contribution in [3.8, 4) is 45.0 Å². The number of allylic oxidation sites excluding steroid dienone is 5. The number of aromatic nitrogens is 3. The Balaban J connectivity index is 0.940. The predicted octanol–water partition coefficient (Wildman–Crippen LogP) is 13.7. The van der Waals surface area contributed by atoms with Gasteiger partial charge in [-0.2, -0.15) is 0 Å². The van der Waals surface area contributed by atoms with E-state index in [2.05, 4.69) is 164 Å². The second-order valence-electron chi connectivity index (χ2n) is 15.1. The first-order valence-corrected chi connectivity index (χ1v) is 19.7. The first kappa shape index (κ1) is 33.2. The third-order valence-electron chi connectivity index (χ3n) is 11.6. The number of hydrogen-bond acceptors (Lipinski definition) is 4. The summed E-state index contributed by atoms with van der Waals surface area (Å²) in [6.07, 6.45) is 14.1. The first-order chi connectivity index (χ1) is 28.2. The molecule has 0 amide bonds. The molecule has 9 aromatic rings. The lowest BCUT2D eigenvalue weighted by atomic mass is 9.85. The number of aryl methyl sites for hydroxylation is 1. The minimum Gasteiger partial charge on any atom is -0.456 e. The molecule has 1 unspecified atom stereocenters. The third kappa shape index (κ3) is 6.07. The zero-order valence-corrected chi connectivity index (χ0v) is 31.3. The van der Waals surface area contributed by atoms with E-state index in [9.17, 15) is 0 Å². The minimum atomic E-state index is 0.111. The molecule has 4 nitrogen and oxygen atoms in total. The molecule has 2 aliphatic rings. The van der Waals surface area contributed by atoms with Crippen LogP contribution >= 0.6 is 0 Å². The highest BCUT2D eigenvalue weighted by atomic mass is 16.3. The fraction of sp³-hybridized carbons (Fsp3) is 0.0755. The van der Waals surface area contributed by atoms with Crippen LogP contribution in [0.4, 0.5) is 0 Å². The monoisotopic (exact) mass is 731 g/mol. The van der Waals surface area contributed by atoms with Gasteiger partial charge in [0.25, 0.3) is 0 Å². The van der Waals surface area contributed by atoms with E-state index in [0.717, 1.165) is 63.5 Å². The van der Waals surface area contributed by atoms with Gasteiger partial charge in [-0.1, -0.05) is 158 Å². The van der Waals surface area contributed by atoms with Crippen LogP contribution < -0.4 is 0 Å². The van der Waals surface area contributed by atoms with Crippen molar-refractivity contribution in [1.82, 2.24) is 15.0 Å². The number of rotatable bonds is 6. The molecular weight excluding hydrogens is 695 g/mol. The summed E-state index contributed by atoms with van der Waals surface area (Å²) in [7, 11) is 0. The molecule has 0 radical (unpaired) electrons. The highest BCUT2D eigenvalue weighted by Crippen LogP contribution is 2.42. The Hall–Kier alpha value is -7.17. The summed E-state index contributed by atoms with van der Waals surface area (Å²) in [5, 5.41) is 4.75. The second kappa shape index (κ2) is 13.8. The summed E-state index contributed by atoms with van der Waals surface area (Å²) >= 11 is 0. The van der Waals surface area contributed by atoms with E-state index >= 15 is 0 Å². The minimum absolute atomic E-state index is 0.111. The summed E-state index contributed by atoms with van der Waals surface area (Å²) in [6, 6.07) is 53.7. The van der Waals surface area contributed by atoms with Crippen molar-refractivity contribution in [3.63, 3.8) is 0 Å². The SMILES string of the molecule is C1=CC(c2cccc3oc4cc(-c5ccc6ccccc6c5)ccc4c23)CC(c2nc(-c3ccccc3)nc(-c3ccc(-c4cccc5c4C=CCC5)cc3)n2)=C1. The average molecular weight is 732 g/mol. The van der Waals surface area contributed by atoms with Crippen molar-refractivity contribution in [2.45, 2.75) is 25.2 Å². The Bertz CT molecular complexity index is 3100. The fourth-order valence-corrected chi connectivity index (χ4v) is 8.65. The topological polar surface area (TPSA) is 51.8 Å². The molecule has 2 heterocycles. The van der Waals surface area contributed by atoms with E-state index in [-0.39, 0.29) is 5.92 Å². The van der Waals surface area contributed by atoms with Crippen molar-refractivity contribution in [2.24, 2.45) is 0 Å². The Morgan fingerprint density at radius 3 is 2.14 bits per heavy atom. The van der Waals surface area contributed by atoms with Crippen LogP contribution in [0.5, 0.6) is 0 Å². The second-order valence-corrected chi connectivity index (χ2v) is 15.1. The van der Waals surface area contributed by atoms with Crippen molar-refractivity contribution in [3.05, 3.63) is 198 Å². The summed E-state index contributed by atoms with van der Waals surface area (Å²) in [5.74, 6) is 2.14. The van der Waals surface area contributed by atoms with Crippen molar-refractivity contribution in [2.75, 3.05) is 0 Å². The van der Waals surface area contributed by atoms with E-state index in [1.165, 1.54) is 44.2 Å². The number of nitrogens with zero attached hydrogens (tertiary/aromatic N) is 3. The maximum atomic E-state index is 6.56. The number of hydrogen-bond donors (Lipinski definition) is 0. The Morgan fingerprint density at radius 1 is 0.544 bits per heavy atom. The van der Waals surface area contributed by atoms with Crippen LogP contribution in [0.1, 0.15) is 41.3 Å². The fourth-order valence-electron chi connectivity index (χ4n) is 8.65. The number of fused-ring (bicyclic) bond motifs is 5. The summed E-state index contributed by atoms with van der Waals surface area (Å²) in [5.41, 5.74) is 13.5. The predicted molar refractivity (Wildman–Crippen MR) is 235 cm³/mol. The lowest BCUT2D eigenvalue weighted by Crippen LogP contribution is -2.07. The average Bonchev–Trinajstić information content (AvgIpc) is 3.67. The maximum Gasteiger partial charge on any atom is 0.164 e. The molecule has 270 valence electrons. The molecule has 2 aromatic heterocycles. The lowest BCUT2D eigenvalue weighted by molar-refractivity contribution is 0.668. The molecule has 2 aliphatic carbocycles. The van der Waals surface area contributed by atoms with E-state index in [1.54, 1.807) is 0 Å². The van der Waals surface area contributed by atoms with Gasteiger partial charge in [0.05, 0.1) is 0 Å². The molecular formula is C53H37N3O. The normalized spacial score (nSPS) is 14.9. The van der Waals surface area contributed by atoms with E-state index in [1.807, 2.05) is 18.2 Å². The van der Waals surface area contributed by atoms with Crippen molar-refractivity contribution >= 4 is 44.4 Å². The van der Waals surface area contributed by atoms with Crippen LogP contribution in [0.3, 0.4) is 0 Å². The molecule has 57 heavy (non-hydrogen) atoms. The summed E-state index contributed by atoms with van der Waals surface area (Å²) in [4.78, 5) is 15.3. The smallest absolute Gasteiger partial charge is 0.164 e. The molecule has 0 N–H and O–H groups in total. The Labute approximate surface area is 331 Å². The van der Waals surface area contributed by atoms with Crippen LogP contribution in [-0.2, 0) is 6.42 Å². The molecule has 0 aliphatic heterocycles. The molecule has 4 heteroatoms. The molecule has 0 saturated heterocycles. The molecule has 0 fully saturated rings. The number of benzene rings is 7. The molecule has 1 atom stereocenters. The van der Waals surface area contributed by atoms with Crippen LogP contribution in [0, 0.1) is 0 Å². The highest BCUT2D eigenvalue weighted by Gasteiger charge is 2.23. The van der Waals surface area contributed by atoms with Crippen LogP contribution in [0.15, 0.2) is 180 Å². The van der Waals surface area contributed by atoms with Crippen LogP contribution in [-0.4, -0.2) is 15.0 Å². The largest absolute Gasteiger partial charge is 0.456 e. The standard InChI is InChI=1S/C53H37N3O/c1-2-13-37(14-3-1)51-54-52(38-26-24-36(25-27-38)45-20-9-16-35-12-6-7-19-44(35)45)56-53(55-51)43-18-8-17-42(32-43)46-21-10-22-48-50(46)47-30-29-41(33-49(47)57-48)40-28-23-34-11-4-5-15-39(34)31-40/h1-5,7-11,13-31,33,42H,6,12,32H2. The Kier molecular flexibility index (Phi) is 8.06. The molecule has 0 spiro atoms. The quantitative estimate of drug-likeness (QED) is 0.171. The highest BCUT2D eigenvalue weighted by molar-refractivity contribution is 6.08. The van der Waals surface area contributed by atoms with Crippen molar-refractivity contribution < 1.29 is 4.42 Å². The van der Waals surface area contributed by atoms with E-state index in [4.69, 9.17) is 19.4 Å². The van der Waals surface area contributed by atoms with Gasteiger partial charge in [0.15, 0.2) is 17.5 Å². The maximum absolute atomic E-state index is 6.56. The molecule has 0 saturated carbocycles. The van der Waals surface area contributed by atoms with Crippen molar-refractivity contribution in [1.29, 1.82) is 0 Å². The van der Waals surface area contributed by atoms with Gasteiger partial charge in [-0.25, -0.2) is 15.0 Å². The third-order valence-corrected chi connectivity index (χ3v) is 11.6. The van der Waals surface area contributed by atoms with Gasteiger partial charge in [-0.15, -0.1) is 0 Å².